The molecule has 0 saturated carbocycles. The van der Waals surface area contributed by atoms with Gasteiger partial charge in [0.1, 0.15) is 5.82 Å². The van der Waals surface area contributed by atoms with E-state index in [1.165, 1.54) is 0 Å². The van der Waals surface area contributed by atoms with Gasteiger partial charge in [-0.3, -0.25) is 9.67 Å². The number of hydrogen-bond donors (Lipinski definition) is 1. The molecule has 25 heavy (non-hydrogen) atoms. The van der Waals surface area contributed by atoms with Gasteiger partial charge in [0.05, 0.1) is 37.0 Å². The van der Waals surface area contributed by atoms with Crippen molar-refractivity contribution in [2.24, 2.45) is 7.05 Å². The highest BCUT2D eigenvalue weighted by atomic mass is 16.6. The van der Waals surface area contributed by atoms with Gasteiger partial charge in [0.25, 0.3) is 0 Å². The van der Waals surface area contributed by atoms with Gasteiger partial charge >= 0.3 is 0 Å². The first kappa shape index (κ1) is 15.9. The smallest absolute Gasteiger partial charge is 0.164 e. The minimum atomic E-state index is 0.0140. The number of aromatic nitrogens is 5. The zero-order valence-corrected chi connectivity index (χ0v) is 14.3. The summed E-state index contributed by atoms with van der Waals surface area (Å²) < 4.78 is 12.9. The fourth-order valence-electron chi connectivity index (χ4n) is 2.96. The maximum Gasteiger partial charge on any atom is 0.164 e. The standard InChI is InChI=1S/C17H20N6O2/c1-11-14-16(19-9-13-10-24-7-8-25-13)20-15(12-3-5-18-6-4-12)21-17(14)23(2)22-11/h3-6,13H,7-10H2,1-2H3,(H,19,20,21). The molecule has 8 nitrogen and oxygen atoms in total. The van der Waals surface area contributed by atoms with E-state index in [9.17, 15) is 0 Å². The number of aryl methyl sites for hydroxylation is 2. The highest BCUT2D eigenvalue weighted by Gasteiger charge is 2.19. The second kappa shape index (κ2) is 6.73. The molecule has 3 aromatic heterocycles. The predicted molar refractivity (Wildman–Crippen MR) is 93.3 cm³/mol. The Hall–Kier alpha value is -2.58. The van der Waals surface area contributed by atoms with Crippen molar-refractivity contribution in [3.8, 4) is 11.4 Å². The average molecular weight is 340 g/mol. The predicted octanol–water partition coefficient (Wildman–Crippen LogP) is 1.56. The van der Waals surface area contributed by atoms with Crippen LogP contribution in [0.3, 0.4) is 0 Å². The van der Waals surface area contributed by atoms with Crippen molar-refractivity contribution in [3.05, 3.63) is 30.2 Å². The lowest BCUT2D eigenvalue weighted by atomic mass is 10.2. The molecule has 0 spiro atoms. The molecule has 0 aromatic carbocycles. The summed E-state index contributed by atoms with van der Waals surface area (Å²) in [5.74, 6) is 1.40. The van der Waals surface area contributed by atoms with Crippen molar-refractivity contribution in [2.45, 2.75) is 13.0 Å². The lowest BCUT2D eigenvalue weighted by Gasteiger charge is -2.23. The van der Waals surface area contributed by atoms with Crippen LogP contribution < -0.4 is 5.32 Å². The van der Waals surface area contributed by atoms with Crippen LogP contribution in [0.1, 0.15) is 5.69 Å². The van der Waals surface area contributed by atoms with Gasteiger partial charge < -0.3 is 14.8 Å². The third-order valence-corrected chi connectivity index (χ3v) is 4.18. The van der Waals surface area contributed by atoms with Crippen LogP contribution in [0.15, 0.2) is 24.5 Å². The van der Waals surface area contributed by atoms with E-state index in [0.717, 1.165) is 28.1 Å². The van der Waals surface area contributed by atoms with E-state index in [1.807, 2.05) is 26.1 Å². The van der Waals surface area contributed by atoms with Gasteiger partial charge in [-0.2, -0.15) is 5.10 Å². The minimum Gasteiger partial charge on any atom is -0.376 e. The van der Waals surface area contributed by atoms with E-state index < -0.39 is 0 Å². The fraction of sp³-hybridized carbons (Fsp3) is 0.412. The Morgan fingerprint density at radius 1 is 1.24 bits per heavy atom. The molecule has 0 radical (unpaired) electrons. The number of hydrogen-bond acceptors (Lipinski definition) is 7. The molecule has 0 amide bonds. The van der Waals surface area contributed by atoms with E-state index in [4.69, 9.17) is 14.5 Å². The van der Waals surface area contributed by atoms with Crippen molar-refractivity contribution in [2.75, 3.05) is 31.7 Å². The molecule has 1 aliphatic rings. The van der Waals surface area contributed by atoms with E-state index in [2.05, 4.69) is 20.4 Å². The Labute approximate surface area is 145 Å². The summed E-state index contributed by atoms with van der Waals surface area (Å²) in [6.45, 7) is 4.45. The quantitative estimate of drug-likeness (QED) is 0.771. The lowest BCUT2D eigenvalue weighted by molar-refractivity contribution is -0.0819. The van der Waals surface area contributed by atoms with Gasteiger partial charge in [-0.1, -0.05) is 0 Å². The molecular weight excluding hydrogens is 320 g/mol. The third kappa shape index (κ3) is 3.18. The van der Waals surface area contributed by atoms with Gasteiger partial charge in [-0.15, -0.1) is 0 Å². The Morgan fingerprint density at radius 2 is 2.08 bits per heavy atom. The molecule has 1 unspecified atom stereocenters. The van der Waals surface area contributed by atoms with Gasteiger partial charge in [-0.25, -0.2) is 9.97 Å². The summed E-state index contributed by atoms with van der Waals surface area (Å²) in [4.78, 5) is 13.5. The number of nitrogens with zero attached hydrogens (tertiary/aromatic N) is 5. The molecule has 1 saturated heterocycles. The summed E-state index contributed by atoms with van der Waals surface area (Å²) in [6, 6.07) is 3.79. The molecule has 0 bridgehead atoms. The van der Waals surface area contributed by atoms with Crippen molar-refractivity contribution in [1.82, 2.24) is 24.7 Å². The number of pyridine rings is 1. The maximum atomic E-state index is 5.70. The fourth-order valence-corrected chi connectivity index (χ4v) is 2.96. The third-order valence-electron chi connectivity index (χ3n) is 4.18. The molecule has 1 aliphatic heterocycles. The molecule has 8 heteroatoms. The largest absolute Gasteiger partial charge is 0.376 e. The summed E-state index contributed by atoms with van der Waals surface area (Å²) in [6.07, 6.45) is 3.48. The molecule has 3 aromatic rings. The topological polar surface area (TPSA) is 87.0 Å². The van der Waals surface area contributed by atoms with Crippen LogP contribution in [0.25, 0.3) is 22.4 Å². The van der Waals surface area contributed by atoms with Crippen LogP contribution in [-0.2, 0) is 16.5 Å². The second-order valence-electron chi connectivity index (χ2n) is 5.99. The molecule has 4 rings (SSSR count). The monoisotopic (exact) mass is 340 g/mol. The van der Waals surface area contributed by atoms with Gasteiger partial charge in [-0.05, 0) is 19.1 Å². The number of anilines is 1. The Balaban J connectivity index is 1.72. The van der Waals surface area contributed by atoms with Crippen molar-refractivity contribution in [1.29, 1.82) is 0 Å². The molecule has 0 aliphatic carbocycles. The Bertz CT molecular complexity index is 874. The molecule has 1 N–H and O–H groups in total. The normalized spacial score (nSPS) is 17.8. The van der Waals surface area contributed by atoms with Crippen LogP contribution in [0, 0.1) is 6.92 Å². The second-order valence-corrected chi connectivity index (χ2v) is 5.99. The van der Waals surface area contributed by atoms with Gasteiger partial charge in [0.15, 0.2) is 11.5 Å². The SMILES string of the molecule is Cc1nn(C)c2nc(-c3ccncc3)nc(NCC3COCCO3)c12. The zero-order chi connectivity index (χ0) is 17.2. The summed E-state index contributed by atoms with van der Waals surface area (Å²) >= 11 is 0. The molecule has 130 valence electrons. The van der Waals surface area contributed by atoms with Crippen molar-refractivity contribution in [3.63, 3.8) is 0 Å². The van der Waals surface area contributed by atoms with Crippen molar-refractivity contribution < 1.29 is 9.47 Å². The zero-order valence-electron chi connectivity index (χ0n) is 14.3. The molecule has 1 atom stereocenters. The van der Waals surface area contributed by atoms with Crippen LogP contribution in [0.5, 0.6) is 0 Å². The van der Waals surface area contributed by atoms with Crippen LogP contribution in [0.4, 0.5) is 5.82 Å². The highest BCUT2D eigenvalue weighted by molar-refractivity contribution is 5.90. The Kier molecular flexibility index (Phi) is 4.29. The van der Waals surface area contributed by atoms with Crippen LogP contribution >= 0.6 is 0 Å². The van der Waals surface area contributed by atoms with E-state index in [0.29, 0.717) is 32.2 Å². The Morgan fingerprint density at radius 3 is 2.84 bits per heavy atom. The molecule has 1 fully saturated rings. The number of ether oxygens (including phenoxy) is 2. The van der Waals surface area contributed by atoms with Gasteiger partial charge in [0, 0.05) is 31.5 Å². The first-order valence-corrected chi connectivity index (χ1v) is 8.27. The first-order chi connectivity index (χ1) is 12.2. The first-order valence-electron chi connectivity index (χ1n) is 8.27. The molecule has 4 heterocycles. The van der Waals surface area contributed by atoms with Crippen LogP contribution in [0.2, 0.25) is 0 Å². The summed E-state index contributed by atoms with van der Waals surface area (Å²) in [5, 5.41) is 8.81. The number of fused-ring (bicyclic) bond motifs is 1. The number of nitrogens with one attached hydrogen (secondary N) is 1. The maximum absolute atomic E-state index is 5.70. The van der Waals surface area contributed by atoms with E-state index in [-0.39, 0.29) is 6.10 Å². The van der Waals surface area contributed by atoms with Crippen LogP contribution in [-0.4, -0.2) is 57.2 Å². The average Bonchev–Trinajstić information content (AvgIpc) is 2.95. The van der Waals surface area contributed by atoms with E-state index >= 15 is 0 Å². The lowest BCUT2D eigenvalue weighted by Crippen LogP contribution is -2.34. The highest BCUT2D eigenvalue weighted by Crippen LogP contribution is 2.27. The number of rotatable bonds is 4. The summed E-state index contributed by atoms with van der Waals surface area (Å²) in [7, 11) is 1.89. The molecular formula is C17H20N6O2. The van der Waals surface area contributed by atoms with Gasteiger partial charge in [0.2, 0.25) is 0 Å². The summed E-state index contributed by atoms with van der Waals surface area (Å²) in [5.41, 5.74) is 2.60. The minimum absolute atomic E-state index is 0.0140. The van der Waals surface area contributed by atoms with Crippen molar-refractivity contribution >= 4 is 16.9 Å². The van der Waals surface area contributed by atoms with E-state index in [1.54, 1.807) is 17.1 Å².